The van der Waals surface area contributed by atoms with Gasteiger partial charge in [0.1, 0.15) is 0 Å². The molecule has 1 heterocycles. The number of aryl methyl sites for hydroxylation is 1. The van der Waals surface area contributed by atoms with E-state index in [4.69, 9.17) is 5.11 Å². The zero-order valence-corrected chi connectivity index (χ0v) is 13.6. The first-order valence-electron chi connectivity index (χ1n) is 7.58. The lowest BCUT2D eigenvalue weighted by molar-refractivity contribution is 0.105. The predicted molar refractivity (Wildman–Crippen MR) is 85.4 cm³/mol. The van der Waals surface area contributed by atoms with E-state index in [0.29, 0.717) is 18.8 Å². The molecule has 0 aliphatic carbocycles. The summed E-state index contributed by atoms with van der Waals surface area (Å²) in [6.45, 7) is 2.84. The molecule has 7 heteroatoms. The van der Waals surface area contributed by atoms with Gasteiger partial charge in [0.25, 0.3) is 0 Å². The topological polar surface area (TPSA) is 89.9 Å². The molecule has 1 fully saturated rings. The van der Waals surface area contributed by atoms with Gasteiger partial charge in [-0.1, -0.05) is 12.5 Å². The van der Waals surface area contributed by atoms with Crippen molar-refractivity contribution in [3.05, 3.63) is 23.8 Å². The maximum Gasteiger partial charge on any atom is 0.243 e. The van der Waals surface area contributed by atoms with Crippen molar-refractivity contribution < 1.29 is 18.6 Å². The van der Waals surface area contributed by atoms with Crippen LogP contribution >= 0.6 is 0 Å². The van der Waals surface area contributed by atoms with Crippen molar-refractivity contribution in [1.29, 1.82) is 0 Å². The minimum absolute atomic E-state index is 0.171. The quantitative estimate of drug-likeness (QED) is 0.723. The van der Waals surface area contributed by atoms with Gasteiger partial charge >= 0.3 is 0 Å². The summed E-state index contributed by atoms with van der Waals surface area (Å²) in [7, 11) is -3.46. The van der Waals surface area contributed by atoms with E-state index in [9.17, 15) is 13.5 Å². The van der Waals surface area contributed by atoms with Crippen molar-refractivity contribution in [1.82, 2.24) is 4.31 Å². The Bertz CT molecular complexity index is 598. The normalized spacial score (nSPS) is 18.1. The minimum Gasteiger partial charge on any atom is -0.394 e. The van der Waals surface area contributed by atoms with Gasteiger partial charge in [-0.15, -0.1) is 0 Å². The van der Waals surface area contributed by atoms with Crippen molar-refractivity contribution in [3.63, 3.8) is 0 Å². The molecule has 0 amide bonds. The molecule has 6 nitrogen and oxygen atoms in total. The van der Waals surface area contributed by atoms with E-state index < -0.39 is 16.1 Å². The molecule has 0 radical (unpaired) electrons. The second-order valence-corrected chi connectivity index (χ2v) is 7.60. The monoisotopic (exact) mass is 328 g/mol. The zero-order chi connectivity index (χ0) is 16.2. The number of hydrogen-bond acceptors (Lipinski definition) is 5. The number of anilines is 1. The Kier molecular flexibility index (Phi) is 5.80. The highest BCUT2D eigenvalue weighted by Gasteiger charge is 2.26. The maximum absolute atomic E-state index is 12.7. The molecule has 0 bridgehead atoms. The molecule has 1 unspecified atom stereocenters. The van der Waals surface area contributed by atoms with Crippen LogP contribution in [0.5, 0.6) is 0 Å². The van der Waals surface area contributed by atoms with E-state index in [1.54, 1.807) is 18.2 Å². The van der Waals surface area contributed by atoms with E-state index in [1.807, 2.05) is 6.92 Å². The summed E-state index contributed by atoms with van der Waals surface area (Å²) in [4.78, 5) is 0.265. The average Bonchev–Trinajstić information content (AvgIpc) is 2.54. The fourth-order valence-corrected chi connectivity index (χ4v) is 4.04. The average molecular weight is 328 g/mol. The van der Waals surface area contributed by atoms with E-state index in [-0.39, 0.29) is 18.0 Å². The van der Waals surface area contributed by atoms with Crippen LogP contribution in [0.25, 0.3) is 0 Å². The van der Waals surface area contributed by atoms with Gasteiger partial charge in [0.05, 0.1) is 17.6 Å². The van der Waals surface area contributed by atoms with Crippen molar-refractivity contribution in [2.24, 2.45) is 0 Å². The molecule has 1 aliphatic rings. The lowest BCUT2D eigenvalue weighted by atomic mass is 10.2. The third-order valence-corrected chi connectivity index (χ3v) is 5.80. The summed E-state index contributed by atoms with van der Waals surface area (Å²) in [5, 5.41) is 21.2. The maximum atomic E-state index is 12.7. The number of piperidine rings is 1. The number of nitrogens with one attached hydrogen (secondary N) is 1. The second kappa shape index (κ2) is 7.41. The molecule has 2 rings (SSSR count). The van der Waals surface area contributed by atoms with Crippen LogP contribution < -0.4 is 5.32 Å². The smallest absolute Gasteiger partial charge is 0.243 e. The minimum atomic E-state index is -3.46. The molecule has 1 aromatic carbocycles. The first-order valence-corrected chi connectivity index (χ1v) is 9.03. The number of rotatable bonds is 6. The van der Waals surface area contributed by atoms with E-state index >= 15 is 0 Å². The Morgan fingerprint density at radius 3 is 2.59 bits per heavy atom. The molecule has 0 aromatic heterocycles. The molecular weight excluding hydrogens is 304 g/mol. The van der Waals surface area contributed by atoms with Crippen LogP contribution in [0, 0.1) is 6.92 Å². The first kappa shape index (κ1) is 17.2. The van der Waals surface area contributed by atoms with Crippen molar-refractivity contribution in [2.45, 2.75) is 37.2 Å². The molecular formula is C15H24N2O4S. The summed E-state index contributed by atoms with van der Waals surface area (Å²) < 4.78 is 26.8. The van der Waals surface area contributed by atoms with Crippen molar-refractivity contribution >= 4 is 15.7 Å². The van der Waals surface area contributed by atoms with Crippen LogP contribution in [0.4, 0.5) is 5.69 Å². The summed E-state index contributed by atoms with van der Waals surface area (Å²) in [6, 6.07) is 4.97. The summed E-state index contributed by atoms with van der Waals surface area (Å²) in [6.07, 6.45) is 2.01. The van der Waals surface area contributed by atoms with Crippen molar-refractivity contribution in [3.8, 4) is 0 Å². The van der Waals surface area contributed by atoms with Gasteiger partial charge in [-0.2, -0.15) is 4.31 Å². The van der Waals surface area contributed by atoms with Gasteiger partial charge < -0.3 is 15.5 Å². The third kappa shape index (κ3) is 3.98. The number of hydrogen-bond donors (Lipinski definition) is 3. The number of benzene rings is 1. The van der Waals surface area contributed by atoms with Crippen LogP contribution in [0.2, 0.25) is 0 Å². The molecule has 1 aliphatic heterocycles. The Morgan fingerprint density at radius 1 is 1.27 bits per heavy atom. The van der Waals surface area contributed by atoms with Gasteiger partial charge in [0.2, 0.25) is 10.0 Å². The van der Waals surface area contributed by atoms with Crippen LogP contribution in [0.15, 0.2) is 23.1 Å². The second-order valence-electron chi connectivity index (χ2n) is 5.66. The van der Waals surface area contributed by atoms with Gasteiger partial charge in [-0.25, -0.2) is 8.42 Å². The highest BCUT2D eigenvalue weighted by Crippen LogP contribution is 2.25. The molecule has 22 heavy (non-hydrogen) atoms. The highest BCUT2D eigenvalue weighted by atomic mass is 32.2. The lowest BCUT2D eigenvalue weighted by Gasteiger charge is -2.26. The van der Waals surface area contributed by atoms with E-state index in [0.717, 1.165) is 24.8 Å². The van der Waals surface area contributed by atoms with Gasteiger partial charge in [0.15, 0.2) is 0 Å². The molecule has 124 valence electrons. The predicted octanol–water partition coefficient (Wildman–Crippen LogP) is 0.935. The SMILES string of the molecule is Cc1ccc(S(=O)(=O)N2CCCCC2)cc1NCC(O)CO. The van der Waals surface area contributed by atoms with Gasteiger partial charge in [-0.3, -0.25) is 0 Å². The highest BCUT2D eigenvalue weighted by molar-refractivity contribution is 7.89. The van der Waals surface area contributed by atoms with Crippen LogP contribution in [0.3, 0.4) is 0 Å². The number of aliphatic hydroxyl groups excluding tert-OH is 2. The molecule has 0 saturated carbocycles. The summed E-state index contributed by atoms with van der Waals surface area (Å²) >= 11 is 0. The summed E-state index contributed by atoms with van der Waals surface area (Å²) in [5.41, 5.74) is 1.55. The fourth-order valence-electron chi connectivity index (χ4n) is 2.50. The number of nitrogens with zero attached hydrogens (tertiary/aromatic N) is 1. The van der Waals surface area contributed by atoms with Gasteiger partial charge in [0, 0.05) is 25.3 Å². The Balaban J connectivity index is 2.20. The van der Waals surface area contributed by atoms with Gasteiger partial charge in [-0.05, 0) is 37.5 Å². The van der Waals surface area contributed by atoms with Crippen LogP contribution in [-0.2, 0) is 10.0 Å². The number of aliphatic hydroxyl groups is 2. The number of sulfonamides is 1. The first-order chi connectivity index (χ1) is 10.4. The largest absolute Gasteiger partial charge is 0.394 e. The summed E-state index contributed by atoms with van der Waals surface area (Å²) in [5.74, 6) is 0. The molecule has 1 saturated heterocycles. The third-order valence-electron chi connectivity index (χ3n) is 3.90. The molecule has 1 atom stereocenters. The van der Waals surface area contributed by atoms with Crippen LogP contribution in [0.1, 0.15) is 24.8 Å². The fraction of sp³-hybridized carbons (Fsp3) is 0.600. The Hall–Kier alpha value is -1.15. The van der Waals surface area contributed by atoms with E-state index in [2.05, 4.69) is 5.32 Å². The Labute approximate surface area is 131 Å². The lowest BCUT2D eigenvalue weighted by Crippen LogP contribution is -2.35. The Morgan fingerprint density at radius 2 is 1.95 bits per heavy atom. The zero-order valence-electron chi connectivity index (χ0n) is 12.8. The van der Waals surface area contributed by atoms with Crippen LogP contribution in [-0.4, -0.2) is 55.3 Å². The van der Waals surface area contributed by atoms with E-state index in [1.165, 1.54) is 4.31 Å². The molecule has 1 aromatic rings. The molecule has 0 spiro atoms. The molecule has 3 N–H and O–H groups in total. The van der Waals surface area contributed by atoms with Crippen molar-refractivity contribution in [2.75, 3.05) is 31.6 Å². The standard InChI is InChI=1S/C15H24N2O4S/c1-12-5-6-14(9-15(12)16-10-13(19)11-18)22(20,21)17-7-3-2-4-8-17/h5-6,9,13,16,18-19H,2-4,7-8,10-11H2,1H3.